The molecule has 0 amide bonds. The Balaban J connectivity index is 1.93. The lowest BCUT2D eigenvalue weighted by atomic mass is 10.1. The van der Waals surface area contributed by atoms with E-state index in [4.69, 9.17) is 4.74 Å². The third-order valence-corrected chi connectivity index (χ3v) is 5.13. The maximum Gasteiger partial charge on any atom is 0.265 e. The number of para-hydroxylation sites is 1. The van der Waals surface area contributed by atoms with Crippen LogP contribution < -0.4 is 9.46 Å². The first-order valence-corrected chi connectivity index (χ1v) is 8.36. The minimum Gasteiger partial charge on any atom is -0.495 e. The van der Waals surface area contributed by atoms with Gasteiger partial charge in [0, 0.05) is 5.69 Å². The number of fused-ring (bicyclic) bond motifs is 1. The van der Waals surface area contributed by atoms with Gasteiger partial charge < -0.3 is 4.74 Å². The number of hydrogen-bond donors (Lipinski definition) is 1. The van der Waals surface area contributed by atoms with Gasteiger partial charge in [0.05, 0.1) is 7.11 Å². The molecule has 1 N–H and O–H groups in total. The van der Waals surface area contributed by atoms with Crippen LogP contribution in [0.1, 0.15) is 17.5 Å². The molecule has 3 rings (SSSR count). The zero-order valence-electron chi connectivity index (χ0n) is 11.8. The fraction of sp³-hybridized carbons (Fsp3) is 0.250. The largest absolute Gasteiger partial charge is 0.495 e. The van der Waals surface area contributed by atoms with Gasteiger partial charge in [0.25, 0.3) is 10.0 Å². The van der Waals surface area contributed by atoms with Crippen molar-refractivity contribution in [3.8, 4) is 5.75 Å². The molecule has 110 valence electrons. The van der Waals surface area contributed by atoms with E-state index in [1.54, 1.807) is 18.2 Å². The molecule has 0 aromatic heterocycles. The second-order valence-corrected chi connectivity index (χ2v) is 6.74. The van der Waals surface area contributed by atoms with Crippen molar-refractivity contribution in [3.05, 3.63) is 53.6 Å². The number of ether oxygens (including phenoxy) is 1. The Morgan fingerprint density at radius 1 is 1.05 bits per heavy atom. The van der Waals surface area contributed by atoms with E-state index in [1.807, 2.05) is 18.2 Å². The van der Waals surface area contributed by atoms with E-state index in [0.29, 0.717) is 11.4 Å². The predicted octanol–water partition coefficient (Wildman–Crippen LogP) is 2.98. The Hall–Kier alpha value is -2.01. The van der Waals surface area contributed by atoms with Crippen LogP contribution in [0.2, 0.25) is 0 Å². The van der Waals surface area contributed by atoms with Crippen LogP contribution in [0.4, 0.5) is 5.69 Å². The van der Waals surface area contributed by atoms with Crippen molar-refractivity contribution in [3.63, 3.8) is 0 Å². The average molecular weight is 303 g/mol. The van der Waals surface area contributed by atoms with E-state index in [2.05, 4.69) is 4.72 Å². The van der Waals surface area contributed by atoms with Crippen LogP contribution in [0, 0.1) is 0 Å². The number of nitrogens with one attached hydrogen (secondary N) is 1. The maximum absolute atomic E-state index is 12.5. The summed E-state index contributed by atoms with van der Waals surface area (Å²) in [7, 11) is -2.19. The van der Waals surface area contributed by atoms with Crippen molar-refractivity contribution in [1.82, 2.24) is 0 Å². The van der Waals surface area contributed by atoms with Crippen molar-refractivity contribution in [2.24, 2.45) is 0 Å². The molecule has 21 heavy (non-hydrogen) atoms. The zero-order valence-corrected chi connectivity index (χ0v) is 12.6. The Labute approximate surface area is 124 Å². The highest BCUT2D eigenvalue weighted by atomic mass is 32.2. The molecular formula is C16H17NO3S. The number of methoxy groups -OCH3 is 1. The molecule has 0 saturated heterocycles. The van der Waals surface area contributed by atoms with E-state index < -0.39 is 10.0 Å². The van der Waals surface area contributed by atoms with E-state index in [1.165, 1.54) is 24.3 Å². The van der Waals surface area contributed by atoms with Gasteiger partial charge in [-0.3, -0.25) is 4.72 Å². The third kappa shape index (κ3) is 2.74. The minimum absolute atomic E-state index is 0.146. The number of sulfonamides is 1. The summed E-state index contributed by atoms with van der Waals surface area (Å²) in [4.78, 5) is 0.146. The topological polar surface area (TPSA) is 55.4 Å². The fourth-order valence-electron chi connectivity index (χ4n) is 2.69. The standard InChI is InChI=1S/C16H17NO3S/c1-20-15-7-2-3-8-16(15)21(18,19)17-14-10-9-12-5-4-6-13(12)11-14/h2-3,7-11,17H,4-6H2,1H3. The quantitative estimate of drug-likeness (QED) is 0.944. The third-order valence-electron chi connectivity index (χ3n) is 3.71. The zero-order chi connectivity index (χ0) is 14.9. The average Bonchev–Trinajstić information content (AvgIpc) is 2.94. The Morgan fingerprint density at radius 3 is 2.62 bits per heavy atom. The van der Waals surface area contributed by atoms with Crippen LogP contribution in [0.5, 0.6) is 5.75 Å². The molecule has 0 fully saturated rings. The van der Waals surface area contributed by atoms with Crippen LogP contribution >= 0.6 is 0 Å². The Morgan fingerprint density at radius 2 is 1.81 bits per heavy atom. The van der Waals surface area contributed by atoms with Gasteiger partial charge in [0.1, 0.15) is 10.6 Å². The summed E-state index contributed by atoms with van der Waals surface area (Å²) >= 11 is 0. The second-order valence-electron chi connectivity index (χ2n) is 5.09. The molecule has 5 heteroatoms. The second kappa shape index (κ2) is 5.41. The van der Waals surface area contributed by atoms with Gasteiger partial charge in [-0.15, -0.1) is 0 Å². The van der Waals surface area contributed by atoms with Crippen LogP contribution in [-0.2, 0) is 22.9 Å². The highest BCUT2D eigenvalue weighted by Crippen LogP contribution is 2.28. The molecule has 0 atom stereocenters. The van der Waals surface area contributed by atoms with E-state index in [-0.39, 0.29) is 4.90 Å². The van der Waals surface area contributed by atoms with Gasteiger partial charge in [0.15, 0.2) is 0 Å². The first-order valence-electron chi connectivity index (χ1n) is 6.88. The van der Waals surface area contributed by atoms with Gasteiger partial charge in [-0.25, -0.2) is 8.42 Å². The molecule has 2 aromatic rings. The van der Waals surface area contributed by atoms with Gasteiger partial charge >= 0.3 is 0 Å². The lowest BCUT2D eigenvalue weighted by Gasteiger charge is -2.12. The summed E-state index contributed by atoms with van der Waals surface area (Å²) in [6.45, 7) is 0. The summed E-state index contributed by atoms with van der Waals surface area (Å²) in [5.74, 6) is 0.339. The van der Waals surface area contributed by atoms with Crippen LogP contribution in [0.25, 0.3) is 0 Å². The molecule has 1 aliphatic carbocycles. The van der Waals surface area contributed by atoms with Crippen molar-refractivity contribution in [2.45, 2.75) is 24.2 Å². The number of hydrogen-bond acceptors (Lipinski definition) is 3. The summed E-state index contributed by atoms with van der Waals surface area (Å²) in [5.41, 5.74) is 3.15. The van der Waals surface area contributed by atoms with E-state index in [0.717, 1.165) is 19.3 Å². The first-order chi connectivity index (χ1) is 10.1. The number of rotatable bonds is 4. The smallest absolute Gasteiger partial charge is 0.265 e. The van der Waals surface area contributed by atoms with Crippen molar-refractivity contribution >= 4 is 15.7 Å². The maximum atomic E-state index is 12.5. The van der Waals surface area contributed by atoms with E-state index >= 15 is 0 Å². The monoisotopic (exact) mass is 303 g/mol. The van der Waals surface area contributed by atoms with Crippen molar-refractivity contribution in [1.29, 1.82) is 0 Å². The van der Waals surface area contributed by atoms with Crippen LogP contribution in [0.3, 0.4) is 0 Å². The Bertz CT molecular complexity index is 769. The summed E-state index contributed by atoms with van der Waals surface area (Å²) in [5, 5.41) is 0. The number of benzene rings is 2. The molecule has 0 unspecified atom stereocenters. The van der Waals surface area contributed by atoms with Crippen molar-refractivity contribution < 1.29 is 13.2 Å². The molecule has 4 nitrogen and oxygen atoms in total. The lowest BCUT2D eigenvalue weighted by Crippen LogP contribution is -2.14. The van der Waals surface area contributed by atoms with Crippen molar-refractivity contribution in [2.75, 3.05) is 11.8 Å². The molecule has 0 spiro atoms. The summed E-state index contributed by atoms with van der Waals surface area (Å²) < 4.78 is 32.7. The molecule has 0 bridgehead atoms. The summed E-state index contributed by atoms with van der Waals surface area (Å²) in [6, 6.07) is 12.3. The van der Waals surface area contributed by atoms with Gasteiger partial charge in [-0.1, -0.05) is 18.2 Å². The van der Waals surface area contributed by atoms with Gasteiger partial charge in [0.2, 0.25) is 0 Å². The minimum atomic E-state index is -3.65. The molecule has 1 aliphatic rings. The molecule has 0 aliphatic heterocycles. The van der Waals surface area contributed by atoms with Gasteiger partial charge in [-0.05, 0) is 54.7 Å². The highest BCUT2D eigenvalue weighted by molar-refractivity contribution is 7.92. The predicted molar refractivity (Wildman–Crippen MR) is 82.3 cm³/mol. The lowest BCUT2D eigenvalue weighted by molar-refractivity contribution is 0.403. The van der Waals surface area contributed by atoms with Gasteiger partial charge in [-0.2, -0.15) is 0 Å². The fourth-order valence-corrected chi connectivity index (χ4v) is 3.91. The summed E-state index contributed by atoms with van der Waals surface area (Å²) in [6.07, 6.45) is 3.23. The molecule has 0 heterocycles. The van der Waals surface area contributed by atoms with Crippen LogP contribution in [0.15, 0.2) is 47.4 Å². The molecule has 0 radical (unpaired) electrons. The van der Waals surface area contributed by atoms with E-state index in [9.17, 15) is 8.42 Å². The number of anilines is 1. The normalized spacial score (nSPS) is 13.8. The highest BCUT2D eigenvalue weighted by Gasteiger charge is 2.20. The first kappa shape index (κ1) is 13.9. The molecule has 2 aromatic carbocycles. The Kier molecular flexibility index (Phi) is 3.59. The molecular weight excluding hydrogens is 286 g/mol. The molecule has 0 saturated carbocycles. The van der Waals surface area contributed by atoms with Crippen LogP contribution in [-0.4, -0.2) is 15.5 Å². The SMILES string of the molecule is COc1ccccc1S(=O)(=O)Nc1ccc2c(c1)CCC2. The number of aryl methyl sites for hydroxylation is 2.